The molecule has 0 saturated carbocycles. The maximum absolute atomic E-state index is 14.6. The highest BCUT2D eigenvalue weighted by Crippen LogP contribution is 2.31. The van der Waals surface area contributed by atoms with Crippen LogP contribution in [-0.4, -0.2) is 0 Å². The van der Waals surface area contributed by atoms with Crippen molar-refractivity contribution in [2.75, 3.05) is 0 Å². The number of rotatable bonds is 2. The van der Waals surface area contributed by atoms with Crippen molar-refractivity contribution in [1.82, 2.24) is 0 Å². The quantitative estimate of drug-likeness (QED) is 0.425. The van der Waals surface area contributed by atoms with Crippen LogP contribution in [0.15, 0.2) is 42.5 Å². The summed E-state index contributed by atoms with van der Waals surface area (Å²) in [6, 6.07) is 10.0. The third kappa shape index (κ3) is 2.34. The molecular formula is C18H12F4. The lowest BCUT2D eigenvalue weighted by molar-refractivity contribution is 0.447. The molecule has 0 aromatic heterocycles. The van der Waals surface area contributed by atoms with Gasteiger partial charge in [-0.25, -0.2) is 17.6 Å². The molecule has 4 heteroatoms. The van der Waals surface area contributed by atoms with Crippen LogP contribution in [0.3, 0.4) is 0 Å². The average Bonchev–Trinajstić information content (AvgIpc) is 2.52. The molecule has 3 rings (SSSR count). The first-order valence-corrected chi connectivity index (χ1v) is 6.87. The minimum Gasteiger partial charge on any atom is -0.206 e. The molecule has 0 fully saturated rings. The number of benzene rings is 3. The van der Waals surface area contributed by atoms with E-state index in [9.17, 15) is 17.6 Å². The standard InChI is InChI=1S/C18H12F4/c1-2-10-3-5-13-11(7-10)4-6-14(17(13)21)12-8-15(19)18(22)16(20)9-12/h3-9H,2H2,1H3. The summed E-state index contributed by atoms with van der Waals surface area (Å²) < 4.78 is 54.3. The summed E-state index contributed by atoms with van der Waals surface area (Å²) in [4.78, 5) is 0. The zero-order chi connectivity index (χ0) is 15.9. The van der Waals surface area contributed by atoms with E-state index in [1.807, 2.05) is 13.0 Å². The molecule has 0 radical (unpaired) electrons. The molecule has 0 atom stereocenters. The summed E-state index contributed by atoms with van der Waals surface area (Å²) in [5.74, 6) is -4.81. The summed E-state index contributed by atoms with van der Waals surface area (Å²) in [6.45, 7) is 2.00. The maximum atomic E-state index is 14.6. The second-order valence-electron chi connectivity index (χ2n) is 5.09. The molecule has 0 aliphatic heterocycles. The van der Waals surface area contributed by atoms with Gasteiger partial charge in [0.2, 0.25) is 0 Å². The Morgan fingerprint density at radius 3 is 2.09 bits per heavy atom. The zero-order valence-corrected chi connectivity index (χ0v) is 11.8. The highest BCUT2D eigenvalue weighted by molar-refractivity contribution is 5.88. The van der Waals surface area contributed by atoms with Gasteiger partial charge in [0.25, 0.3) is 0 Å². The third-order valence-electron chi connectivity index (χ3n) is 3.72. The fourth-order valence-corrected chi connectivity index (χ4v) is 2.50. The van der Waals surface area contributed by atoms with Crippen LogP contribution in [0.1, 0.15) is 12.5 Å². The SMILES string of the molecule is CCc1ccc2c(F)c(-c3cc(F)c(F)c(F)c3)ccc2c1. The fraction of sp³-hybridized carbons (Fsp3) is 0.111. The van der Waals surface area contributed by atoms with E-state index in [4.69, 9.17) is 0 Å². The summed E-state index contributed by atoms with van der Waals surface area (Å²) in [5.41, 5.74) is 1.07. The van der Waals surface area contributed by atoms with Crippen LogP contribution in [0, 0.1) is 23.3 Å². The normalized spacial score (nSPS) is 11.1. The van der Waals surface area contributed by atoms with Crippen molar-refractivity contribution in [2.45, 2.75) is 13.3 Å². The number of hydrogen-bond acceptors (Lipinski definition) is 0. The minimum absolute atomic E-state index is 0.0321. The van der Waals surface area contributed by atoms with E-state index in [1.54, 1.807) is 18.2 Å². The zero-order valence-electron chi connectivity index (χ0n) is 11.8. The molecule has 0 aliphatic carbocycles. The van der Waals surface area contributed by atoms with Crippen molar-refractivity contribution in [3.8, 4) is 11.1 Å². The van der Waals surface area contributed by atoms with Gasteiger partial charge in [0.1, 0.15) is 5.82 Å². The fourth-order valence-electron chi connectivity index (χ4n) is 2.50. The van der Waals surface area contributed by atoms with Gasteiger partial charge in [0.15, 0.2) is 17.5 Å². The molecule has 0 nitrogen and oxygen atoms in total. The first-order valence-electron chi connectivity index (χ1n) is 6.87. The van der Waals surface area contributed by atoms with E-state index >= 15 is 0 Å². The van der Waals surface area contributed by atoms with Crippen LogP contribution in [0.5, 0.6) is 0 Å². The Morgan fingerprint density at radius 1 is 0.773 bits per heavy atom. The predicted octanol–water partition coefficient (Wildman–Crippen LogP) is 5.63. The average molecular weight is 304 g/mol. The Labute approximate surface area is 125 Å². The van der Waals surface area contributed by atoms with E-state index < -0.39 is 23.3 Å². The largest absolute Gasteiger partial charge is 0.206 e. The maximum Gasteiger partial charge on any atom is 0.194 e. The second-order valence-corrected chi connectivity index (χ2v) is 5.09. The summed E-state index contributed by atoms with van der Waals surface area (Å²) >= 11 is 0. The second kappa shape index (κ2) is 5.44. The Kier molecular flexibility index (Phi) is 3.61. The molecule has 0 amide bonds. The molecule has 0 spiro atoms. The molecule has 0 N–H and O–H groups in total. The van der Waals surface area contributed by atoms with Gasteiger partial charge in [0, 0.05) is 10.9 Å². The van der Waals surface area contributed by atoms with Gasteiger partial charge in [-0.1, -0.05) is 37.3 Å². The van der Waals surface area contributed by atoms with Crippen molar-refractivity contribution in [3.63, 3.8) is 0 Å². The minimum atomic E-state index is -1.56. The van der Waals surface area contributed by atoms with Gasteiger partial charge in [-0.2, -0.15) is 0 Å². The first kappa shape index (κ1) is 14.6. The number of aryl methyl sites for hydroxylation is 1. The van der Waals surface area contributed by atoms with Crippen LogP contribution < -0.4 is 0 Å². The molecule has 22 heavy (non-hydrogen) atoms. The topological polar surface area (TPSA) is 0 Å². The molecule has 3 aromatic carbocycles. The first-order chi connectivity index (χ1) is 10.5. The number of fused-ring (bicyclic) bond motifs is 1. The Balaban J connectivity index is 2.22. The van der Waals surface area contributed by atoms with Gasteiger partial charge >= 0.3 is 0 Å². The molecule has 0 bridgehead atoms. The van der Waals surface area contributed by atoms with Crippen LogP contribution in [0.4, 0.5) is 17.6 Å². The van der Waals surface area contributed by atoms with Gasteiger partial charge in [-0.3, -0.25) is 0 Å². The lowest BCUT2D eigenvalue weighted by Gasteiger charge is -2.09. The van der Waals surface area contributed by atoms with Crippen LogP contribution in [-0.2, 0) is 6.42 Å². The third-order valence-corrected chi connectivity index (χ3v) is 3.72. The van der Waals surface area contributed by atoms with E-state index in [2.05, 4.69) is 0 Å². The van der Waals surface area contributed by atoms with Gasteiger partial charge < -0.3 is 0 Å². The van der Waals surface area contributed by atoms with Crippen molar-refractivity contribution >= 4 is 10.8 Å². The van der Waals surface area contributed by atoms with Gasteiger partial charge in [-0.15, -0.1) is 0 Å². The predicted molar refractivity (Wildman–Crippen MR) is 78.6 cm³/mol. The molecule has 0 heterocycles. The highest BCUT2D eigenvalue weighted by Gasteiger charge is 2.15. The summed E-state index contributed by atoms with van der Waals surface area (Å²) in [7, 11) is 0. The van der Waals surface area contributed by atoms with Crippen molar-refractivity contribution in [3.05, 3.63) is 71.3 Å². The van der Waals surface area contributed by atoms with Crippen molar-refractivity contribution in [1.29, 1.82) is 0 Å². The van der Waals surface area contributed by atoms with E-state index in [-0.39, 0.29) is 11.1 Å². The Hall–Kier alpha value is -2.36. The van der Waals surface area contributed by atoms with Gasteiger partial charge in [0.05, 0.1) is 0 Å². The summed E-state index contributed by atoms with van der Waals surface area (Å²) in [6.07, 6.45) is 0.827. The highest BCUT2D eigenvalue weighted by atomic mass is 19.2. The number of hydrogen-bond donors (Lipinski definition) is 0. The molecule has 0 saturated heterocycles. The van der Waals surface area contributed by atoms with Crippen LogP contribution >= 0.6 is 0 Å². The molecule has 0 unspecified atom stereocenters. The molecule has 112 valence electrons. The van der Waals surface area contributed by atoms with Gasteiger partial charge in [-0.05, 0) is 35.1 Å². The molecule has 0 aliphatic rings. The lowest BCUT2D eigenvalue weighted by atomic mass is 9.98. The monoisotopic (exact) mass is 304 g/mol. The van der Waals surface area contributed by atoms with E-state index in [0.29, 0.717) is 10.8 Å². The smallest absolute Gasteiger partial charge is 0.194 e. The summed E-state index contributed by atoms with van der Waals surface area (Å²) in [5, 5.41) is 1.07. The van der Waals surface area contributed by atoms with E-state index in [1.165, 1.54) is 6.07 Å². The lowest BCUT2D eigenvalue weighted by Crippen LogP contribution is -1.94. The van der Waals surface area contributed by atoms with Crippen molar-refractivity contribution in [2.24, 2.45) is 0 Å². The molecular weight excluding hydrogens is 292 g/mol. The van der Waals surface area contributed by atoms with Crippen LogP contribution in [0.25, 0.3) is 21.9 Å². The Bertz CT molecular complexity index is 845. The van der Waals surface area contributed by atoms with Crippen molar-refractivity contribution < 1.29 is 17.6 Å². The van der Waals surface area contributed by atoms with Crippen LogP contribution in [0.2, 0.25) is 0 Å². The van der Waals surface area contributed by atoms with E-state index in [0.717, 1.165) is 24.1 Å². The molecule has 3 aromatic rings. The number of halogens is 4. The Morgan fingerprint density at radius 2 is 1.45 bits per heavy atom.